The van der Waals surface area contributed by atoms with Crippen LogP contribution in [-0.4, -0.2) is 36.2 Å². The highest BCUT2D eigenvalue weighted by atomic mass is 16.5. The largest absolute Gasteiger partial charge is 0.465 e. The monoisotopic (exact) mass is 404 g/mol. The van der Waals surface area contributed by atoms with Crippen LogP contribution in [0.1, 0.15) is 31.1 Å². The van der Waals surface area contributed by atoms with E-state index in [0.717, 1.165) is 5.52 Å². The predicted molar refractivity (Wildman–Crippen MR) is 110 cm³/mol. The molecule has 3 N–H and O–H groups in total. The Bertz CT molecular complexity index is 1280. The van der Waals surface area contributed by atoms with Crippen molar-refractivity contribution in [1.29, 1.82) is 0 Å². The number of nitrogens with zero attached hydrogens (tertiary/aromatic N) is 5. The molecule has 0 fully saturated rings. The van der Waals surface area contributed by atoms with Gasteiger partial charge in [0.05, 0.1) is 23.8 Å². The van der Waals surface area contributed by atoms with Crippen LogP contribution in [0.5, 0.6) is 6.01 Å². The minimum atomic E-state index is -1.53. The Hall–Kier alpha value is -3.90. The summed E-state index contributed by atoms with van der Waals surface area (Å²) in [4.78, 5) is 16.8. The Labute approximate surface area is 172 Å². The summed E-state index contributed by atoms with van der Waals surface area (Å²) in [5, 5.41) is 10.6. The number of nitrogens with two attached hydrogens (primary N) is 1. The van der Waals surface area contributed by atoms with Crippen molar-refractivity contribution < 1.29 is 14.3 Å². The molecule has 9 nitrogen and oxygen atoms in total. The SMILES string of the molecule is CCOc1nc2ccc(C#C[C@@](C)(O)c3ncc(C)o3)cc2n1-c1ccnc(N)n1. The first-order valence-corrected chi connectivity index (χ1v) is 9.30. The summed E-state index contributed by atoms with van der Waals surface area (Å²) < 4.78 is 12.8. The second-order valence-electron chi connectivity index (χ2n) is 6.74. The number of aromatic nitrogens is 5. The van der Waals surface area contributed by atoms with Crippen molar-refractivity contribution in [3.63, 3.8) is 0 Å². The molecule has 1 atom stereocenters. The molecule has 0 spiro atoms. The number of ether oxygens (including phenoxy) is 1. The van der Waals surface area contributed by atoms with Crippen LogP contribution < -0.4 is 10.5 Å². The lowest BCUT2D eigenvalue weighted by molar-refractivity contribution is 0.0882. The van der Waals surface area contributed by atoms with Crippen LogP contribution in [0.15, 0.2) is 41.1 Å². The Morgan fingerprint density at radius 1 is 1.27 bits per heavy atom. The van der Waals surface area contributed by atoms with Gasteiger partial charge in [-0.2, -0.15) is 9.97 Å². The van der Waals surface area contributed by atoms with Gasteiger partial charge in [0.1, 0.15) is 11.6 Å². The number of anilines is 1. The minimum absolute atomic E-state index is 0.144. The van der Waals surface area contributed by atoms with E-state index in [1.54, 1.807) is 30.0 Å². The first kappa shape index (κ1) is 19.4. The standard InChI is InChI=1S/C21H20N6O3/c1-4-29-20-25-15-6-5-14(7-9-21(3,28)18-24-12-13(2)30-18)11-16(15)27(20)17-8-10-23-19(22)26-17/h5-6,8,10-12,28H,4H2,1-3H3,(H2,22,23,26)/t21-/m1/s1. The molecule has 3 heterocycles. The lowest BCUT2D eigenvalue weighted by atomic mass is 10.1. The van der Waals surface area contributed by atoms with Crippen molar-refractivity contribution >= 4 is 17.0 Å². The fourth-order valence-electron chi connectivity index (χ4n) is 2.89. The highest BCUT2D eigenvalue weighted by Crippen LogP contribution is 2.27. The summed E-state index contributed by atoms with van der Waals surface area (Å²) in [6, 6.07) is 7.58. The zero-order valence-corrected chi connectivity index (χ0v) is 16.7. The van der Waals surface area contributed by atoms with Crippen LogP contribution in [0.2, 0.25) is 0 Å². The molecule has 3 aromatic heterocycles. The summed E-state index contributed by atoms with van der Waals surface area (Å²) >= 11 is 0. The van der Waals surface area contributed by atoms with Crippen molar-refractivity contribution in [2.75, 3.05) is 12.3 Å². The third-order valence-electron chi connectivity index (χ3n) is 4.27. The first-order valence-electron chi connectivity index (χ1n) is 9.30. The lowest BCUT2D eigenvalue weighted by Gasteiger charge is -2.11. The maximum atomic E-state index is 10.6. The van der Waals surface area contributed by atoms with E-state index in [9.17, 15) is 5.11 Å². The number of hydrogen-bond acceptors (Lipinski definition) is 8. The van der Waals surface area contributed by atoms with Crippen molar-refractivity contribution in [3.8, 4) is 23.7 Å². The predicted octanol–water partition coefficient (Wildman–Crippen LogP) is 2.35. The second kappa shape index (κ2) is 7.50. The number of imidazole rings is 1. The van der Waals surface area contributed by atoms with Crippen molar-refractivity contribution in [2.45, 2.75) is 26.4 Å². The molecule has 0 unspecified atom stereocenters. The molecular weight excluding hydrogens is 384 g/mol. The van der Waals surface area contributed by atoms with Gasteiger partial charge >= 0.3 is 6.01 Å². The van der Waals surface area contributed by atoms with Gasteiger partial charge in [0, 0.05) is 17.8 Å². The molecule has 152 valence electrons. The molecule has 1 aromatic carbocycles. The number of nitrogen functional groups attached to an aromatic ring is 1. The molecule has 4 rings (SSSR count). The number of aliphatic hydroxyl groups is 1. The van der Waals surface area contributed by atoms with Gasteiger partial charge < -0.3 is 20.0 Å². The van der Waals surface area contributed by atoms with Crippen molar-refractivity contribution in [2.24, 2.45) is 0 Å². The summed E-state index contributed by atoms with van der Waals surface area (Å²) in [5.74, 6) is 7.21. The van der Waals surface area contributed by atoms with Crippen molar-refractivity contribution in [1.82, 2.24) is 24.5 Å². The third-order valence-corrected chi connectivity index (χ3v) is 4.27. The summed E-state index contributed by atoms with van der Waals surface area (Å²) in [7, 11) is 0. The van der Waals surface area contributed by atoms with Gasteiger partial charge in [-0.15, -0.1) is 0 Å². The Morgan fingerprint density at radius 2 is 2.10 bits per heavy atom. The van der Waals surface area contributed by atoms with Crippen LogP contribution in [0.4, 0.5) is 5.95 Å². The lowest BCUT2D eigenvalue weighted by Crippen LogP contribution is -2.18. The molecule has 30 heavy (non-hydrogen) atoms. The highest BCUT2D eigenvalue weighted by Gasteiger charge is 2.26. The third kappa shape index (κ3) is 3.68. The molecule has 0 radical (unpaired) electrons. The zero-order valence-electron chi connectivity index (χ0n) is 16.7. The van der Waals surface area contributed by atoms with E-state index in [0.29, 0.717) is 35.3 Å². The number of hydrogen-bond donors (Lipinski definition) is 2. The molecule has 0 aliphatic heterocycles. The Balaban J connectivity index is 1.80. The van der Waals surface area contributed by atoms with Crippen LogP contribution in [0.25, 0.3) is 16.9 Å². The number of benzene rings is 1. The number of rotatable bonds is 4. The Morgan fingerprint density at radius 3 is 2.80 bits per heavy atom. The molecule has 0 saturated heterocycles. The smallest absolute Gasteiger partial charge is 0.303 e. The Kier molecular flexibility index (Phi) is 4.85. The maximum absolute atomic E-state index is 10.6. The number of fused-ring (bicyclic) bond motifs is 1. The number of aryl methyl sites for hydroxylation is 1. The van der Waals surface area contributed by atoms with Crippen LogP contribution >= 0.6 is 0 Å². The van der Waals surface area contributed by atoms with Gasteiger partial charge in [0.15, 0.2) is 5.60 Å². The molecule has 9 heteroatoms. The van der Waals surface area contributed by atoms with E-state index in [1.807, 2.05) is 25.1 Å². The van der Waals surface area contributed by atoms with E-state index in [1.165, 1.54) is 6.92 Å². The molecule has 0 aliphatic carbocycles. The maximum Gasteiger partial charge on any atom is 0.303 e. The summed E-state index contributed by atoms with van der Waals surface area (Å²) in [6.45, 7) is 5.60. The van der Waals surface area contributed by atoms with Crippen LogP contribution in [-0.2, 0) is 5.60 Å². The highest BCUT2D eigenvalue weighted by molar-refractivity contribution is 5.80. The average Bonchev–Trinajstić information content (AvgIpc) is 3.30. The van der Waals surface area contributed by atoms with Gasteiger partial charge in [-0.3, -0.25) is 0 Å². The van der Waals surface area contributed by atoms with E-state index < -0.39 is 5.60 Å². The molecular formula is C21H20N6O3. The first-order chi connectivity index (χ1) is 14.4. The number of oxazole rings is 1. The normalized spacial score (nSPS) is 12.9. The van der Waals surface area contributed by atoms with Crippen LogP contribution in [0.3, 0.4) is 0 Å². The van der Waals surface area contributed by atoms with Gasteiger partial charge in [-0.1, -0.05) is 11.8 Å². The van der Waals surface area contributed by atoms with Crippen LogP contribution in [0, 0.1) is 18.8 Å². The fraction of sp³-hybridized carbons (Fsp3) is 0.238. The quantitative estimate of drug-likeness (QED) is 0.497. The average molecular weight is 404 g/mol. The van der Waals surface area contributed by atoms with Gasteiger partial charge in [-0.25, -0.2) is 14.5 Å². The summed E-state index contributed by atoms with van der Waals surface area (Å²) in [6.07, 6.45) is 3.11. The van der Waals surface area contributed by atoms with E-state index in [4.69, 9.17) is 14.9 Å². The molecule has 0 saturated carbocycles. The van der Waals surface area contributed by atoms with Gasteiger partial charge in [0.25, 0.3) is 0 Å². The van der Waals surface area contributed by atoms with Gasteiger partial charge in [-0.05, 0) is 39.0 Å². The minimum Gasteiger partial charge on any atom is -0.465 e. The molecule has 0 amide bonds. The molecule has 0 aliphatic rings. The van der Waals surface area contributed by atoms with Gasteiger partial charge in [0.2, 0.25) is 11.8 Å². The van der Waals surface area contributed by atoms with E-state index in [-0.39, 0.29) is 11.8 Å². The van der Waals surface area contributed by atoms with Crippen molar-refractivity contribution in [3.05, 3.63) is 53.9 Å². The molecule has 4 aromatic rings. The molecule has 0 bridgehead atoms. The summed E-state index contributed by atoms with van der Waals surface area (Å²) in [5.41, 5.74) is 6.33. The zero-order chi connectivity index (χ0) is 21.3. The second-order valence-corrected chi connectivity index (χ2v) is 6.74. The fourth-order valence-corrected chi connectivity index (χ4v) is 2.89. The van der Waals surface area contributed by atoms with E-state index >= 15 is 0 Å². The topological polar surface area (TPSA) is 125 Å². The van der Waals surface area contributed by atoms with E-state index in [2.05, 4.69) is 31.8 Å².